The van der Waals surface area contributed by atoms with Crippen LogP contribution in [0, 0.1) is 0 Å². The third-order valence-corrected chi connectivity index (χ3v) is 5.87. The van der Waals surface area contributed by atoms with E-state index >= 15 is 0 Å². The van der Waals surface area contributed by atoms with E-state index in [2.05, 4.69) is 46.5 Å². The first-order valence-corrected chi connectivity index (χ1v) is 10.5. The summed E-state index contributed by atoms with van der Waals surface area (Å²) in [4.78, 5) is 14.4. The lowest BCUT2D eigenvalue weighted by molar-refractivity contribution is 0.261. The van der Waals surface area contributed by atoms with Gasteiger partial charge in [0.2, 0.25) is 5.88 Å². The van der Waals surface area contributed by atoms with Crippen LogP contribution in [0.4, 0.5) is 16.2 Å². The van der Waals surface area contributed by atoms with E-state index in [1.807, 2.05) is 49.4 Å². The average molecular weight is 422 g/mol. The molecule has 2 heterocycles. The number of hydrogen-bond acceptors (Lipinski definition) is 6. The molecule has 0 aliphatic carbocycles. The number of aromatic hydroxyl groups is 1. The molecule has 0 saturated heterocycles. The first-order valence-electron chi connectivity index (χ1n) is 9.64. The number of amides is 1. The molecule has 0 radical (unpaired) electrons. The summed E-state index contributed by atoms with van der Waals surface area (Å²) in [6.45, 7) is 8.41. The first kappa shape index (κ1) is 20.2. The molecule has 7 nitrogen and oxygen atoms in total. The minimum absolute atomic E-state index is 0.0430. The van der Waals surface area contributed by atoms with Crippen LogP contribution in [0.3, 0.4) is 0 Å². The summed E-state index contributed by atoms with van der Waals surface area (Å²) in [5, 5.41) is 23.6. The number of nitrogens with one attached hydrogen (secondary N) is 2. The van der Waals surface area contributed by atoms with Gasteiger partial charge in [0, 0.05) is 5.39 Å². The van der Waals surface area contributed by atoms with Crippen LogP contribution in [0.25, 0.3) is 10.9 Å². The number of hydrazone groups is 1. The number of carbonyl (C=O) groups is 1. The van der Waals surface area contributed by atoms with E-state index in [4.69, 9.17) is 0 Å². The molecule has 1 aromatic heterocycles. The Kier molecular flexibility index (Phi) is 5.11. The van der Waals surface area contributed by atoms with Crippen molar-refractivity contribution in [1.82, 2.24) is 10.4 Å². The van der Waals surface area contributed by atoms with Crippen molar-refractivity contribution in [2.24, 2.45) is 15.3 Å². The van der Waals surface area contributed by atoms with Crippen molar-refractivity contribution in [3.63, 3.8) is 0 Å². The molecule has 1 amide bonds. The second-order valence-electron chi connectivity index (χ2n) is 8.24. The molecular weight excluding hydrogens is 398 g/mol. The van der Waals surface area contributed by atoms with E-state index in [0.717, 1.165) is 22.2 Å². The molecule has 1 atom stereocenters. The van der Waals surface area contributed by atoms with Gasteiger partial charge in [-0.25, -0.2) is 5.43 Å². The standard InChI is InChI=1S/C22H23N5O2S/c1-12-18(25-27-21(29)30-12)13-5-10-17-16(11-13)19(20(28)23-17)26-24-15-8-6-14(7-9-15)22(2,3)4/h5-12,23,28H,1-4H3,(H,27,29). The maximum Gasteiger partial charge on any atom is 0.299 e. The number of benzene rings is 2. The third kappa shape index (κ3) is 3.95. The van der Waals surface area contributed by atoms with Crippen LogP contribution < -0.4 is 5.43 Å². The molecule has 1 aliphatic heterocycles. The summed E-state index contributed by atoms with van der Waals surface area (Å²) in [6, 6.07) is 13.6. The van der Waals surface area contributed by atoms with E-state index in [1.54, 1.807) is 0 Å². The Balaban J connectivity index is 1.68. The van der Waals surface area contributed by atoms with Gasteiger partial charge >= 0.3 is 0 Å². The van der Waals surface area contributed by atoms with Gasteiger partial charge in [0.25, 0.3) is 5.24 Å². The van der Waals surface area contributed by atoms with Crippen LogP contribution >= 0.6 is 11.8 Å². The molecule has 0 fully saturated rings. The predicted molar refractivity (Wildman–Crippen MR) is 121 cm³/mol. The lowest BCUT2D eigenvalue weighted by Crippen LogP contribution is -2.29. The zero-order valence-corrected chi connectivity index (χ0v) is 18.0. The molecule has 0 saturated carbocycles. The molecule has 4 rings (SSSR count). The largest absolute Gasteiger partial charge is 0.493 e. The SMILES string of the molecule is CC1SC(=O)NN=C1c1ccc2[nH]c(O)c(N=Nc3ccc(C(C)(C)C)cc3)c2c1. The van der Waals surface area contributed by atoms with Gasteiger partial charge in [0.1, 0.15) is 0 Å². The summed E-state index contributed by atoms with van der Waals surface area (Å²) < 4.78 is 0. The van der Waals surface area contributed by atoms with Crippen LogP contribution in [0.2, 0.25) is 0 Å². The Morgan fingerprint density at radius 1 is 1.10 bits per heavy atom. The van der Waals surface area contributed by atoms with Gasteiger partial charge in [-0.05, 0) is 47.7 Å². The number of hydrogen-bond donors (Lipinski definition) is 3. The molecular formula is C22H23N5O2S. The molecule has 2 aromatic carbocycles. The predicted octanol–water partition coefficient (Wildman–Crippen LogP) is 6.14. The van der Waals surface area contributed by atoms with Crippen molar-refractivity contribution in [3.05, 3.63) is 53.6 Å². The summed E-state index contributed by atoms with van der Waals surface area (Å²) in [5.41, 5.74) is 7.23. The maximum atomic E-state index is 11.5. The number of fused-ring (bicyclic) bond motifs is 1. The molecule has 30 heavy (non-hydrogen) atoms. The van der Waals surface area contributed by atoms with Gasteiger partial charge in [-0.15, -0.1) is 5.11 Å². The minimum Gasteiger partial charge on any atom is -0.493 e. The van der Waals surface area contributed by atoms with Crippen molar-refractivity contribution < 1.29 is 9.90 Å². The Bertz CT molecular complexity index is 1170. The summed E-state index contributed by atoms with van der Waals surface area (Å²) in [6.07, 6.45) is 0. The number of rotatable bonds is 3. The zero-order valence-electron chi connectivity index (χ0n) is 17.2. The Labute approximate surface area is 178 Å². The summed E-state index contributed by atoms with van der Waals surface area (Å²) in [7, 11) is 0. The van der Waals surface area contributed by atoms with E-state index in [-0.39, 0.29) is 21.8 Å². The van der Waals surface area contributed by atoms with Crippen molar-refractivity contribution in [3.8, 4) is 5.88 Å². The van der Waals surface area contributed by atoms with Gasteiger partial charge in [-0.3, -0.25) is 4.79 Å². The van der Waals surface area contributed by atoms with Gasteiger partial charge in [-0.1, -0.05) is 50.7 Å². The zero-order chi connectivity index (χ0) is 21.5. The topological polar surface area (TPSA) is 102 Å². The maximum absolute atomic E-state index is 11.5. The molecule has 0 spiro atoms. The smallest absolute Gasteiger partial charge is 0.299 e. The highest BCUT2D eigenvalue weighted by atomic mass is 32.2. The molecule has 0 bridgehead atoms. The third-order valence-electron chi connectivity index (χ3n) is 4.98. The molecule has 8 heteroatoms. The Morgan fingerprint density at radius 3 is 2.50 bits per heavy atom. The Hall–Kier alpha value is -3.13. The van der Waals surface area contributed by atoms with Gasteiger partial charge < -0.3 is 10.1 Å². The molecule has 1 unspecified atom stereocenters. The van der Waals surface area contributed by atoms with E-state index in [1.165, 1.54) is 17.3 Å². The second kappa shape index (κ2) is 7.60. The number of nitrogens with zero attached hydrogens (tertiary/aromatic N) is 3. The number of H-pyrrole nitrogens is 1. The second-order valence-corrected chi connectivity index (χ2v) is 9.55. The van der Waals surface area contributed by atoms with Crippen molar-refractivity contribution in [2.75, 3.05) is 0 Å². The molecule has 3 aromatic rings. The van der Waals surface area contributed by atoms with Gasteiger partial charge in [0.15, 0.2) is 5.69 Å². The highest BCUT2D eigenvalue weighted by Crippen LogP contribution is 2.37. The van der Waals surface area contributed by atoms with E-state index in [0.29, 0.717) is 11.4 Å². The van der Waals surface area contributed by atoms with E-state index in [9.17, 15) is 9.90 Å². The Morgan fingerprint density at radius 2 is 1.83 bits per heavy atom. The number of thioether (sulfide) groups is 1. The fourth-order valence-corrected chi connectivity index (χ4v) is 4.02. The van der Waals surface area contributed by atoms with Crippen molar-refractivity contribution >= 4 is 45.0 Å². The number of aromatic nitrogens is 1. The highest BCUT2D eigenvalue weighted by Gasteiger charge is 2.23. The summed E-state index contributed by atoms with van der Waals surface area (Å²) in [5.74, 6) is -0.0430. The number of carbonyl (C=O) groups excluding carboxylic acids is 1. The van der Waals surface area contributed by atoms with Crippen LogP contribution in [0.1, 0.15) is 38.8 Å². The quantitative estimate of drug-likeness (QED) is 0.443. The van der Waals surface area contributed by atoms with Crippen LogP contribution in [-0.4, -0.2) is 26.3 Å². The lowest BCUT2D eigenvalue weighted by atomic mass is 9.87. The van der Waals surface area contributed by atoms with E-state index < -0.39 is 0 Å². The van der Waals surface area contributed by atoms with Gasteiger partial charge in [0.05, 0.1) is 22.2 Å². The monoisotopic (exact) mass is 421 g/mol. The molecule has 3 N–H and O–H groups in total. The fourth-order valence-electron chi connectivity index (χ4n) is 3.30. The highest BCUT2D eigenvalue weighted by molar-refractivity contribution is 8.14. The molecule has 154 valence electrons. The van der Waals surface area contributed by atoms with Crippen LogP contribution in [0.15, 0.2) is 57.8 Å². The van der Waals surface area contributed by atoms with Crippen LogP contribution in [0.5, 0.6) is 5.88 Å². The van der Waals surface area contributed by atoms with Gasteiger partial charge in [-0.2, -0.15) is 10.2 Å². The lowest BCUT2D eigenvalue weighted by Gasteiger charge is -2.18. The summed E-state index contributed by atoms with van der Waals surface area (Å²) >= 11 is 1.19. The van der Waals surface area contributed by atoms with Crippen molar-refractivity contribution in [2.45, 2.75) is 38.4 Å². The molecule has 1 aliphatic rings. The number of aromatic amines is 1. The van der Waals surface area contributed by atoms with Crippen LogP contribution in [-0.2, 0) is 5.41 Å². The fraction of sp³-hybridized carbons (Fsp3) is 0.273. The number of azo groups is 1. The minimum atomic E-state index is -0.168. The average Bonchev–Trinajstić information content (AvgIpc) is 3.00. The van der Waals surface area contributed by atoms with Crippen molar-refractivity contribution in [1.29, 1.82) is 0 Å². The first-order chi connectivity index (χ1) is 14.2. The normalized spacial score (nSPS) is 17.4.